The smallest absolute Gasteiger partial charge is 0.308 e. The van der Waals surface area contributed by atoms with Crippen LogP contribution in [0, 0.1) is 74.9 Å². The van der Waals surface area contributed by atoms with Crippen LogP contribution < -0.4 is 37.2 Å². The van der Waals surface area contributed by atoms with Crippen LogP contribution in [0.5, 0.6) is 0 Å². The maximum Gasteiger partial charge on any atom is 0.308 e. The van der Waals surface area contributed by atoms with E-state index in [9.17, 15) is 76.7 Å². The zero-order valence-corrected chi connectivity index (χ0v) is 77.9. The third-order valence-corrected chi connectivity index (χ3v) is 18.4. The van der Waals surface area contributed by atoms with Gasteiger partial charge in [-0.05, 0) is 61.3 Å². The van der Waals surface area contributed by atoms with Gasteiger partial charge in [0.25, 0.3) is 0 Å². The molecule has 123 heavy (non-hydrogen) atoms. The van der Waals surface area contributed by atoms with Gasteiger partial charge in [-0.25, -0.2) is 0 Å². The molecule has 0 aromatic heterocycles. The van der Waals surface area contributed by atoms with Crippen molar-refractivity contribution in [1.82, 2.24) is 37.2 Å². The summed E-state index contributed by atoms with van der Waals surface area (Å²) in [7, 11) is 0. The molecule has 0 saturated heterocycles. The second-order valence-electron chi connectivity index (χ2n) is 36.3. The average molecular weight is 1760 g/mol. The van der Waals surface area contributed by atoms with E-state index in [4.69, 9.17) is 66.3 Å². The van der Waals surface area contributed by atoms with Crippen molar-refractivity contribution in [1.29, 1.82) is 0 Å². The first-order chi connectivity index (χ1) is 57.0. The van der Waals surface area contributed by atoms with E-state index in [-0.39, 0.29) is 83.9 Å². The van der Waals surface area contributed by atoms with Gasteiger partial charge >= 0.3 is 53.7 Å². The highest BCUT2D eigenvalue weighted by Crippen LogP contribution is 2.33. The van der Waals surface area contributed by atoms with Crippen LogP contribution >= 0.6 is 0 Å². The molecule has 37 heteroatoms. The Morgan fingerprint density at radius 3 is 0.691 bits per heavy atom. The third kappa shape index (κ3) is 50.8. The van der Waals surface area contributed by atoms with Gasteiger partial charge in [-0.2, -0.15) is 0 Å². The molecule has 7 N–H and O–H groups in total. The van der Waals surface area contributed by atoms with Crippen LogP contribution in [0.25, 0.3) is 0 Å². The Morgan fingerprint density at radius 2 is 0.480 bits per heavy atom. The number of nitrogens with one attached hydrogen (secondary N) is 7. The average Bonchev–Trinajstić information content (AvgIpc) is 0.816. The minimum absolute atomic E-state index is 0.0772. The molecule has 0 radical (unpaired) electrons. The van der Waals surface area contributed by atoms with Crippen molar-refractivity contribution >= 4 is 95.1 Å². The monoisotopic (exact) mass is 1760 g/mol. The maximum absolute atomic E-state index is 14.2. The molecule has 708 valence electrons. The predicted molar refractivity (Wildman–Crippen MR) is 448 cm³/mol. The Kier molecular flexibility index (Phi) is 53.0. The quantitative estimate of drug-likeness (QED) is 0.0299. The molecular weight excluding hydrogens is 1610 g/mol. The SMILES string of the molecule is CCOC(C)(C)CCC(=O)NC(C)(C)COC(C)(C)CC(CNC(=O)CCNC(=O)COCC(COC(=O)C(C)C)(COC(=O)C(C)C)COC(=O)C(C)C)(CNC(=O)CCNC(=O)COCC(COC(=O)C(C)C)(COC(=O)C(C)C)COC(=O)C(C)C)CNC(=O)CCNC(=O)COCC(COC(=O)C(C)C)(COC(=O)C(C)C)COC(=O)C(C)C. The van der Waals surface area contributed by atoms with Gasteiger partial charge in [-0.3, -0.25) is 76.7 Å². The summed E-state index contributed by atoms with van der Waals surface area (Å²) in [5.74, 6) is -15.0. The van der Waals surface area contributed by atoms with Crippen molar-refractivity contribution in [2.45, 2.75) is 228 Å². The highest BCUT2D eigenvalue weighted by Gasteiger charge is 2.43. The minimum atomic E-state index is -1.48. The lowest BCUT2D eigenvalue weighted by molar-refractivity contribution is -0.174. The van der Waals surface area contributed by atoms with Crippen molar-refractivity contribution in [3.63, 3.8) is 0 Å². The molecule has 0 spiro atoms. The van der Waals surface area contributed by atoms with Gasteiger partial charge in [0.2, 0.25) is 41.4 Å². The van der Waals surface area contributed by atoms with Crippen molar-refractivity contribution in [3.8, 4) is 0 Å². The van der Waals surface area contributed by atoms with Crippen LogP contribution in [-0.4, -0.2) is 263 Å². The number of rotatable bonds is 65. The summed E-state index contributed by atoms with van der Waals surface area (Å²) >= 11 is 0. The minimum Gasteiger partial charge on any atom is -0.465 e. The third-order valence-electron chi connectivity index (χ3n) is 18.4. The van der Waals surface area contributed by atoms with E-state index in [0.717, 1.165) is 0 Å². The molecule has 0 unspecified atom stereocenters. The molecule has 0 fully saturated rings. The molecule has 0 aliphatic carbocycles. The zero-order valence-electron chi connectivity index (χ0n) is 77.9. The topological polar surface area (TPSA) is 487 Å². The number of ether oxygens (including phenoxy) is 14. The van der Waals surface area contributed by atoms with Gasteiger partial charge in [0, 0.05) is 77.0 Å². The Bertz CT molecular complexity index is 2900. The molecule has 37 nitrogen and oxygen atoms in total. The van der Waals surface area contributed by atoms with Crippen LogP contribution in [0.2, 0.25) is 0 Å². The highest BCUT2D eigenvalue weighted by atomic mass is 16.6. The van der Waals surface area contributed by atoms with Crippen molar-refractivity contribution in [2.75, 3.05) is 152 Å². The van der Waals surface area contributed by atoms with Crippen LogP contribution in [0.4, 0.5) is 0 Å². The fourth-order valence-corrected chi connectivity index (χ4v) is 10.6. The lowest BCUT2D eigenvalue weighted by Gasteiger charge is -2.42. The summed E-state index contributed by atoms with van der Waals surface area (Å²) in [6, 6.07) is 0. The molecule has 0 aromatic rings. The standard InChI is InChI=1S/C86H149N7O30/c1-26-122-81(22,23)31-27-67(97)93-80(20,21)42-123-82(24,25)38-83(39-90-64(94)28-32-87-68(98)35-110-43-84(46-113-71(101)55(2)3,47-114-72(102)56(4)5)48-115-73(103)57(6)7,40-91-65(95)29-33-88-69(99)36-111-44-85(49-116-74(104)58(8)9,50-117-75(105)59(10)11)51-118-76(106)60(12)13)41-92-66(96)30-34-89-70(100)37-112-45-86(52-119-77(107)61(14)15,53-120-78(108)62(16)17)54-121-79(109)63(18)19/h55-63H,26-54H2,1-25H3,(H,87,98)(H,88,99)(H,89,100)(H,90,94)(H,91,95)(H,92,96)(H,93,97). The molecular formula is C86H149N7O30. The first kappa shape index (κ1) is 114. The Morgan fingerprint density at radius 1 is 0.252 bits per heavy atom. The molecule has 0 bridgehead atoms. The summed E-state index contributed by atoms with van der Waals surface area (Å²) in [5.41, 5.74) is -8.68. The second kappa shape index (κ2) is 57.0. The molecule has 0 aliphatic rings. The lowest BCUT2D eigenvalue weighted by Crippen LogP contribution is -2.56. The normalized spacial score (nSPS) is 12.3. The van der Waals surface area contributed by atoms with Gasteiger partial charge in [0.15, 0.2) is 0 Å². The van der Waals surface area contributed by atoms with Crippen molar-refractivity contribution in [2.24, 2.45) is 74.9 Å². The van der Waals surface area contributed by atoms with E-state index >= 15 is 0 Å². The first-order valence-electron chi connectivity index (χ1n) is 42.4. The van der Waals surface area contributed by atoms with E-state index in [1.54, 1.807) is 152 Å². The summed E-state index contributed by atoms with van der Waals surface area (Å²) < 4.78 is 80.0. The molecule has 0 atom stereocenters. The van der Waals surface area contributed by atoms with Crippen LogP contribution in [0.15, 0.2) is 0 Å². The van der Waals surface area contributed by atoms with Gasteiger partial charge in [0.05, 0.1) is 113 Å². The molecule has 0 rings (SSSR count). The fraction of sp³-hybridized carbons (Fsp3) is 0.814. The Hall–Kier alpha value is -8.68. The highest BCUT2D eigenvalue weighted by molar-refractivity contribution is 5.82. The molecule has 0 heterocycles. The number of amides is 7. The first-order valence-corrected chi connectivity index (χ1v) is 42.4. The number of carbonyl (C=O) groups excluding carboxylic acids is 16. The number of hydrogen-bond acceptors (Lipinski definition) is 30. The van der Waals surface area contributed by atoms with E-state index in [1.807, 2.05) is 20.8 Å². The number of carbonyl (C=O) groups is 16. The van der Waals surface area contributed by atoms with Gasteiger partial charge < -0.3 is 104 Å². The lowest BCUT2D eigenvalue weighted by atomic mass is 9.77. The number of hydrogen-bond donors (Lipinski definition) is 7. The fourth-order valence-electron chi connectivity index (χ4n) is 10.6. The second-order valence-corrected chi connectivity index (χ2v) is 36.3. The van der Waals surface area contributed by atoms with Gasteiger partial charge in [-0.1, -0.05) is 125 Å². The van der Waals surface area contributed by atoms with E-state index in [0.29, 0.717) is 13.0 Å². The summed E-state index contributed by atoms with van der Waals surface area (Å²) in [5, 5.41) is 19.5. The summed E-state index contributed by atoms with van der Waals surface area (Å²) in [6.07, 6.45) is -0.627. The van der Waals surface area contributed by atoms with Crippen LogP contribution in [0.3, 0.4) is 0 Å². The van der Waals surface area contributed by atoms with Crippen molar-refractivity contribution < 1.29 is 143 Å². The predicted octanol–water partition coefficient (Wildman–Crippen LogP) is 5.32. The van der Waals surface area contributed by atoms with Gasteiger partial charge in [-0.15, -0.1) is 0 Å². The van der Waals surface area contributed by atoms with Crippen molar-refractivity contribution in [3.05, 3.63) is 0 Å². The van der Waals surface area contributed by atoms with Crippen LogP contribution in [-0.2, 0) is 143 Å². The largest absolute Gasteiger partial charge is 0.465 e. The van der Waals surface area contributed by atoms with Gasteiger partial charge in [0.1, 0.15) is 79.3 Å². The van der Waals surface area contributed by atoms with E-state index in [2.05, 4.69) is 37.2 Å². The molecule has 7 amide bonds. The van der Waals surface area contributed by atoms with E-state index < -0.39 is 280 Å². The molecule has 0 aromatic carbocycles. The molecule has 0 aliphatic heterocycles. The number of esters is 9. The Balaban J connectivity index is 7.64. The van der Waals surface area contributed by atoms with E-state index in [1.165, 1.54) is 0 Å². The maximum atomic E-state index is 14.2. The zero-order chi connectivity index (χ0) is 94.3. The molecule has 0 saturated carbocycles. The summed E-state index contributed by atoms with van der Waals surface area (Å²) in [4.78, 5) is 211. The summed E-state index contributed by atoms with van der Waals surface area (Å²) in [6.45, 7) is 33.0. The Labute approximate surface area is 727 Å². The van der Waals surface area contributed by atoms with Crippen LogP contribution in [0.1, 0.15) is 212 Å².